The standard InChI is InChI=1S/C13H5F3N2O5/c14-13(15,16)9-5-8(17-22-9)12(21)23-18-10(19)6-3-1-2-4-7(6)11(18)20/h1-5H. The summed E-state index contributed by atoms with van der Waals surface area (Å²) in [6.07, 6.45) is -4.83. The SMILES string of the molecule is O=C(ON1C(=O)c2ccccc2C1=O)c1cc(C(F)(F)F)on1. The van der Waals surface area contributed by atoms with Crippen LogP contribution in [0.3, 0.4) is 0 Å². The number of halogens is 3. The van der Waals surface area contributed by atoms with E-state index in [4.69, 9.17) is 0 Å². The largest absolute Gasteiger partial charge is 0.452 e. The van der Waals surface area contributed by atoms with Crippen molar-refractivity contribution in [2.24, 2.45) is 0 Å². The number of hydroxylamine groups is 2. The van der Waals surface area contributed by atoms with Crippen LogP contribution in [0.25, 0.3) is 0 Å². The smallest absolute Gasteiger partial charge is 0.351 e. The summed E-state index contributed by atoms with van der Waals surface area (Å²) in [5.74, 6) is -4.75. The third-order valence-corrected chi connectivity index (χ3v) is 2.93. The van der Waals surface area contributed by atoms with E-state index >= 15 is 0 Å². The first-order valence-electron chi connectivity index (χ1n) is 6.03. The molecule has 1 aromatic carbocycles. The maximum Gasteiger partial charge on any atom is 0.452 e. The topological polar surface area (TPSA) is 89.7 Å². The van der Waals surface area contributed by atoms with Crippen LogP contribution < -0.4 is 0 Å². The number of nitrogens with zero attached hydrogens (tertiary/aromatic N) is 2. The monoisotopic (exact) mass is 326 g/mol. The van der Waals surface area contributed by atoms with Crippen molar-refractivity contribution in [1.82, 2.24) is 10.2 Å². The summed E-state index contributed by atoms with van der Waals surface area (Å²) in [7, 11) is 0. The van der Waals surface area contributed by atoms with Crippen LogP contribution in [0, 0.1) is 0 Å². The minimum absolute atomic E-state index is 0.0152. The number of alkyl halides is 3. The predicted molar refractivity (Wildman–Crippen MR) is 63.9 cm³/mol. The summed E-state index contributed by atoms with van der Waals surface area (Å²) in [4.78, 5) is 40.1. The molecule has 2 aromatic rings. The van der Waals surface area contributed by atoms with Gasteiger partial charge in [0, 0.05) is 6.07 Å². The molecule has 0 saturated carbocycles. The molecule has 0 fully saturated rings. The number of fused-ring (bicyclic) bond motifs is 1. The van der Waals surface area contributed by atoms with Crippen LogP contribution in [0.15, 0.2) is 34.9 Å². The number of aromatic nitrogens is 1. The summed E-state index contributed by atoms with van der Waals surface area (Å²) >= 11 is 0. The summed E-state index contributed by atoms with van der Waals surface area (Å²) in [6, 6.07) is 6.01. The van der Waals surface area contributed by atoms with Crippen LogP contribution in [-0.2, 0) is 11.0 Å². The van der Waals surface area contributed by atoms with Crippen LogP contribution in [0.4, 0.5) is 13.2 Å². The maximum atomic E-state index is 12.4. The van der Waals surface area contributed by atoms with Crippen molar-refractivity contribution in [3.63, 3.8) is 0 Å². The van der Waals surface area contributed by atoms with Crippen LogP contribution in [0.5, 0.6) is 0 Å². The molecule has 0 radical (unpaired) electrons. The molecule has 0 unspecified atom stereocenters. The van der Waals surface area contributed by atoms with Gasteiger partial charge in [-0.2, -0.15) is 13.2 Å². The number of amides is 2. The molecule has 7 nitrogen and oxygen atoms in total. The van der Waals surface area contributed by atoms with Gasteiger partial charge in [-0.1, -0.05) is 22.4 Å². The molecule has 0 saturated heterocycles. The van der Waals surface area contributed by atoms with Gasteiger partial charge in [0.1, 0.15) is 0 Å². The second-order valence-electron chi connectivity index (χ2n) is 4.40. The van der Waals surface area contributed by atoms with Gasteiger partial charge in [0.05, 0.1) is 11.1 Å². The lowest BCUT2D eigenvalue weighted by atomic mass is 10.1. The van der Waals surface area contributed by atoms with Crippen LogP contribution in [-0.4, -0.2) is 28.0 Å². The number of carbonyl (C=O) groups excluding carboxylic acids is 3. The van der Waals surface area contributed by atoms with E-state index in [1.807, 2.05) is 0 Å². The highest BCUT2D eigenvalue weighted by atomic mass is 19.4. The Labute approximate surface area is 125 Å². The molecule has 2 amide bonds. The van der Waals surface area contributed by atoms with Crippen molar-refractivity contribution in [2.45, 2.75) is 6.18 Å². The molecule has 0 N–H and O–H groups in total. The van der Waals surface area contributed by atoms with E-state index in [9.17, 15) is 27.6 Å². The minimum Gasteiger partial charge on any atom is -0.351 e. The zero-order valence-corrected chi connectivity index (χ0v) is 11.0. The van der Waals surface area contributed by atoms with Gasteiger partial charge < -0.3 is 9.36 Å². The van der Waals surface area contributed by atoms with E-state index in [1.165, 1.54) is 24.3 Å². The van der Waals surface area contributed by atoms with Gasteiger partial charge in [-0.25, -0.2) is 4.79 Å². The molecule has 0 atom stereocenters. The predicted octanol–water partition coefficient (Wildman–Crippen LogP) is 2.06. The first-order chi connectivity index (χ1) is 10.8. The van der Waals surface area contributed by atoms with Crippen molar-refractivity contribution in [1.29, 1.82) is 0 Å². The van der Waals surface area contributed by atoms with Gasteiger partial charge in [0.2, 0.25) is 5.76 Å². The van der Waals surface area contributed by atoms with E-state index in [2.05, 4.69) is 14.5 Å². The van der Waals surface area contributed by atoms with E-state index < -0.39 is 35.4 Å². The van der Waals surface area contributed by atoms with Gasteiger partial charge >= 0.3 is 12.1 Å². The molecule has 3 rings (SSSR count). The number of imide groups is 1. The Morgan fingerprint density at radius 3 is 2.17 bits per heavy atom. The molecular weight excluding hydrogens is 321 g/mol. The van der Waals surface area contributed by atoms with Crippen molar-refractivity contribution in [3.8, 4) is 0 Å². The number of hydrogen-bond acceptors (Lipinski definition) is 6. The molecule has 1 aliphatic heterocycles. The summed E-state index contributed by atoms with van der Waals surface area (Å²) in [6.45, 7) is 0. The molecule has 10 heteroatoms. The summed E-state index contributed by atoms with van der Waals surface area (Å²) < 4.78 is 41.1. The highest BCUT2D eigenvalue weighted by Gasteiger charge is 2.40. The molecule has 1 aliphatic rings. The van der Waals surface area contributed by atoms with E-state index in [0.29, 0.717) is 6.07 Å². The van der Waals surface area contributed by atoms with Crippen LogP contribution >= 0.6 is 0 Å². The lowest BCUT2D eigenvalue weighted by Crippen LogP contribution is -2.32. The molecule has 0 bridgehead atoms. The van der Waals surface area contributed by atoms with Gasteiger partial charge in [-0.15, -0.1) is 0 Å². The highest BCUT2D eigenvalue weighted by molar-refractivity contribution is 6.21. The molecule has 23 heavy (non-hydrogen) atoms. The van der Waals surface area contributed by atoms with Crippen molar-refractivity contribution in [3.05, 3.63) is 52.9 Å². The van der Waals surface area contributed by atoms with Gasteiger partial charge in [0.25, 0.3) is 11.8 Å². The van der Waals surface area contributed by atoms with Crippen LogP contribution in [0.2, 0.25) is 0 Å². The third-order valence-electron chi connectivity index (χ3n) is 2.93. The second-order valence-corrected chi connectivity index (χ2v) is 4.40. The van der Waals surface area contributed by atoms with Crippen molar-refractivity contribution < 1.29 is 36.9 Å². The quantitative estimate of drug-likeness (QED) is 0.785. The van der Waals surface area contributed by atoms with E-state index in [0.717, 1.165) is 0 Å². The van der Waals surface area contributed by atoms with Gasteiger partial charge in [0.15, 0.2) is 5.69 Å². The maximum absolute atomic E-state index is 12.4. The fourth-order valence-electron chi connectivity index (χ4n) is 1.88. The minimum atomic E-state index is -4.83. The Hall–Kier alpha value is -3.17. The summed E-state index contributed by atoms with van der Waals surface area (Å²) in [5.41, 5.74) is -0.795. The van der Waals surface area contributed by atoms with Crippen molar-refractivity contribution in [2.75, 3.05) is 0 Å². The van der Waals surface area contributed by atoms with Gasteiger partial charge in [-0.05, 0) is 12.1 Å². The molecule has 2 heterocycles. The summed E-state index contributed by atoms with van der Waals surface area (Å²) in [5, 5.41) is 3.07. The number of hydrogen-bond donors (Lipinski definition) is 0. The first-order valence-corrected chi connectivity index (χ1v) is 6.03. The fraction of sp³-hybridized carbons (Fsp3) is 0.0769. The Bertz CT molecular complexity index is 792. The first kappa shape index (κ1) is 14.8. The molecule has 1 aromatic heterocycles. The number of carbonyl (C=O) groups is 3. The van der Waals surface area contributed by atoms with E-state index in [1.54, 1.807) is 0 Å². The number of rotatable bonds is 2. The second kappa shape index (κ2) is 4.93. The molecule has 0 spiro atoms. The average molecular weight is 326 g/mol. The lowest BCUT2D eigenvalue weighted by molar-refractivity contribution is -0.155. The fourth-order valence-corrected chi connectivity index (χ4v) is 1.88. The van der Waals surface area contributed by atoms with Crippen LogP contribution in [0.1, 0.15) is 37.0 Å². The van der Waals surface area contributed by atoms with E-state index in [-0.39, 0.29) is 16.2 Å². The lowest BCUT2D eigenvalue weighted by Gasteiger charge is -2.11. The number of benzene rings is 1. The Kier molecular flexibility index (Phi) is 3.17. The third kappa shape index (κ3) is 2.43. The molecule has 118 valence electrons. The highest BCUT2D eigenvalue weighted by Crippen LogP contribution is 2.30. The molecule has 0 aliphatic carbocycles. The zero-order valence-electron chi connectivity index (χ0n) is 11.0. The average Bonchev–Trinajstić information content (AvgIpc) is 3.08. The Morgan fingerprint density at radius 2 is 1.70 bits per heavy atom. The normalized spacial score (nSPS) is 14.1. The molecular formula is C13H5F3N2O5. The van der Waals surface area contributed by atoms with Gasteiger partial charge in [-0.3, -0.25) is 9.59 Å². The Morgan fingerprint density at radius 1 is 1.13 bits per heavy atom. The van der Waals surface area contributed by atoms with Crippen molar-refractivity contribution >= 4 is 17.8 Å². The zero-order chi connectivity index (χ0) is 16.8. The Balaban J connectivity index is 1.81.